The lowest BCUT2D eigenvalue weighted by molar-refractivity contribution is 0.303. The highest BCUT2D eigenvalue weighted by atomic mass is 32.2. The molecular formula is C17H26N2O2S. The van der Waals surface area contributed by atoms with Crippen molar-refractivity contribution in [3.8, 4) is 0 Å². The van der Waals surface area contributed by atoms with Crippen LogP contribution in [0.3, 0.4) is 0 Å². The second-order valence-corrected chi connectivity index (χ2v) is 4.42. The van der Waals surface area contributed by atoms with E-state index in [1.54, 1.807) is 0 Å². The minimum atomic E-state index is -1.48. The van der Waals surface area contributed by atoms with E-state index >= 15 is 0 Å². The normalized spacial score (nSPS) is 15.0. The Bertz CT molecular complexity index is 520. The molecule has 2 aromatic carbocycles. The van der Waals surface area contributed by atoms with Crippen molar-refractivity contribution >= 4 is 27.9 Å². The largest absolute Gasteiger partial charge is 0.309 e. The quantitative estimate of drug-likeness (QED) is 0.820. The zero-order valence-corrected chi connectivity index (χ0v) is 14.8. The van der Waals surface area contributed by atoms with Crippen LogP contribution in [0.1, 0.15) is 41.0 Å². The predicted octanol–water partition coefficient (Wildman–Crippen LogP) is 4.80. The Morgan fingerprint density at radius 2 is 1.36 bits per heavy atom. The number of hydroxylamine groups is 1. The maximum absolute atomic E-state index is 10.3. The molecule has 0 aromatic heterocycles. The van der Waals surface area contributed by atoms with Crippen LogP contribution in [0.4, 0.5) is 0 Å². The third-order valence-corrected chi connectivity index (χ3v) is 3.00. The summed E-state index contributed by atoms with van der Waals surface area (Å²) in [7, 11) is 0. The van der Waals surface area contributed by atoms with Gasteiger partial charge in [-0.3, -0.25) is 0 Å². The molecule has 1 heterocycles. The molecule has 3 rings (SSSR count). The third-order valence-electron chi connectivity index (χ3n) is 2.41. The molecule has 0 amide bonds. The first-order chi connectivity index (χ1) is 10.8. The molecule has 1 N–H and O–H groups in total. The van der Waals surface area contributed by atoms with Crippen molar-refractivity contribution in [1.82, 2.24) is 5.48 Å². The molecule has 22 heavy (non-hydrogen) atoms. The Kier molecular flexibility index (Phi) is 12.0. The van der Waals surface area contributed by atoms with E-state index in [9.17, 15) is 4.21 Å². The standard InChI is InChI=1S/C10H8.C3H6N2O2S.2C2H6/c1-2-6-10-8-4-3-7-9(10)5-1;1-2-3-4-7-8(6)5-3;2*1-2/h1-8H;2H2,1H3,(H,4,5);2*1-2H3. The van der Waals surface area contributed by atoms with Gasteiger partial charge >= 0.3 is 11.3 Å². The Morgan fingerprint density at radius 3 is 1.59 bits per heavy atom. The van der Waals surface area contributed by atoms with Gasteiger partial charge in [0.05, 0.1) is 0 Å². The average molecular weight is 322 g/mol. The lowest BCUT2D eigenvalue weighted by Gasteiger charge is -1.92. The molecule has 1 aliphatic rings. The van der Waals surface area contributed by atoms with E-state index in [4.69, 9.17) is 0 Å². The molecule has 0 saturated heterocycles. The van der Waals surface area contributed by atoms with Gasteiger partial charge in [-0.1, -0.05) is 83.1 Å². The Balaban J connectivity index is 0.000000333. The van der Waals surface area contributed by atoms with Crippen LogP contribution in [0, 0.1) is 0 Å². The van der Waals surface area contributed by atoms with Gasteiger partial charge < -0.3 is 0 Å². The molecule has 0 spiro atoms. The summed E-state index contributed by atoms with van der Waals surface area (Å²) >= 11 is -1.48. The first kappa shape index (κ1) is 20.3. The molecule has 0 radical (unpaired) electrons. The first-order valence-electron chi connectivity index (χ1n) is 7.66. The third kappa shape index (κ3) is 7.33. The van der Waals surface area contributed by atoms with Gasteiger partial charge in [-0.05, 0) is 10.8 Å². The van der Waals surface area contributed by atoms with Gasteiger partial charge in [0, 0.05) is 6.42 Å². The maximum atomic E-state index is 10.3. The highest BCUT2D eigenvalue weighted by Gasteiger charge is 2.09. The summed E-state index contributed by atoms with van der Waals surface area (Å²) in [5.74, 6) is 0.642. The number of amidine groups is 1. The summed E-state index contributed by atoms with van der Waals surface area (Å²) in [5.41, 5.74) is 2.41. The van der Waals surface area contributed by atoms with Gasteiger partial charge in [-0.15, -0.1) is 4.40 Å². The number of nitrogens with zero attached hydrogens (tertiary/aromatic N) is 1. The second kappa shape index (κ2) is 13.0. The van der Waals surface area contributed by atoms with Gasteiger partial charge in [0.15, 0.2) is 0 Å². The minimum absolute atomic E-state index is 0.642. The van der Waals surface area contributed by atoms with E-state index in [0.29, 0.717) is 5.84 Å². The van der Waals surface area contributed by atoms with Crippen LogP contribution in [0.2, 0.25) is 0 Å². The van der Waals surface area contributed by atoms with E-state index in [-0.39, 0.29) is 0 Å². The highest BCUT2D eigenvalue weighted by molar-refractivity contribution is 7.79. The molecule has 1 aliphatic heterocycles. The van der Waals surface area contributed by atoms with Crippen molar-refractivity contribution in [2.45, 2.75) is 41.0 Å². The molecule has 0 saturated carbocycles. The average Bonchev–Trinajstić information content (AvgIpc) is 3.05. The molecule has 4 nitrogen and oxygen atoms in total. The fourth-order valence-electron chi connectivity index (χ4n) is 1.48. The van der Waals surface area contributed by atoms with Gasteiger partial charge in [-0.25, -0.2) is 9.69 Å². The van der Waals surface area contributed by atoms with Crippen LogP contribution >= 0.6 is 0 Å². The summed E-state index contributed by atoms with van der Waals surface area (Å²) in [6.45, 7) is 9.90. The summed E-state index contributed by atoms with van der Waals surface area (Å²) in [6.07, 6.45) is 0.728. The first-order valence-corrected chi connectivity index (χ1v) is 8.69. The summed E-state index contributed by atoms with van der Waals surface area (Å²) < 4.78 is 18.2. The molecule has 0 aliphatic carbocycles. The molecule has 0 fully saturated rings. The number of nitrogens with one attached hydrogen (secondary N) is 1. The topological polar surface area (TPSA) is 50.7 Å². The number of rotatable bonds is 1. The maximum Gasteiger partial charge on any atom is 0.309 e. The Morgan fingerprint density at radius 1 is 0.955 bits per heavy atom. The number of hydrogen-bond acceptors (Lipinski definition) is 3. The molecule has 122 valence electrons. The van der Waals surface area contributed by atoms with E-state index < -0.39 is 11.3 Å². The second-order valence-electron chi connectivity index (χ2n) is 3.64. The minimum Gasteiger partial charge on any atom is -0.235 e. The molecular weight excluding hydrogens is 296 g/mol. The van der Waals surface area contributed by atoms with Crippen molar-refractivity contribution in [2.75, 3.05) is 0 Å². The van der Waals surface area contributed by atoms with Crippen LogP contribution < -0.4 is 5.48 Å². The van der Waals surface area contributed by atoms with Gasteiger partial charge in [0.25, 0.3) is 0 Å². The number of hydrogen-bond donors (Lipinski definition) is 1. The summed E-state index contributed by atoms with van der Waals surface area (Å²) in [6, 6.07) is 16.7. The monoisotopic (exact) mass is 322 g/mol. The van der Waals surface area contributed by atoms with Crippen molar-refractivity contribution < 1.29 is 8.49 Å². The van der Waals surface area contributed by atoms with E-state index in [0.717, 1.165) is 6.42 Å². The lowest BCUT2D eigenvalue weighted by atomic mass is 10.1. The predicted molar refractivity (Wildman–Crippen MR) is 96.7 cm³/mol. The molecule has 2 aromatic rings. The van der Waals surface area contributed by atoms with Crippen LogP contribution in [0.25, 0.3) is 10.8 Å². The zero-order valence-electron chi connectivity index (χ0n) is 14.0. The van der Waals surface area contributed by atoms with Crippen molar-refractivity contribution in [1.29, 1.82) is 0 Å². The molecule has 5 heteroatoms. The van der Waals surface area contributed by atoms with Crippen LogP contribution in [-0.4, -0.2) is 10.0 Å². The molecule has 1 atom stereocenters. The number of fused-ring (bicyclic) bond motifs is 1. The van der Waals surface area contributed by atoms with E-state index in [2.05, 4.69) is 62.7 Å². The van der Waals surface area contributed by atoms with E-state index in [1.165, 1.54) is 10.8 Å². The fraction of sp³-hybridized carbons (Fsp3) is 0.353. The summed E-state index contributed by atoms with van der Waals surface area (Å²) in [5, 5.41) is 2.62. The van der Waals surface area contributed by atoms with Crippen molar-refractivity contribution in [3.63, 3.8) is 0 Å². The van der Waals surface area contributed by atoms with Crippen LogP contribution in [0.15, 0.2) is 52.9 Å². The number of benzene rings is 2. The van der Waals surface area contributed by atoms with Gasteiger partial charge in [0.2, 0.25) is 0 Å². The van der Waals surface area contributed by atoms with Crippen LogP contribution in [-0.2, 0) is 15.6 Å². The molecule has 0 bridgehead atoms. The van der Waals surface area contributed by atoms with Crippen LogP contribution in [0.5, 0.6) is 0 Å². The van der Waals surface area contributed by atoms with Crippen molar-refractivity contribution in [2.24, 2.45) is 4.40 Å². The Labute approximate surface area is 136 Å². The smallest absolute Gasteiger partial charge is 0.235 e. The van der Waals surface area contributed by atoms with Crippen molar-refractivity contribution in [3.05, 3.63) is 48.5 Å². The summed E-state index contributed by atoms with van der Waals surface area (Å²) in [4.78, 5) is 0. The SMILES string of the molecule is CC.CC.CCC1=NS(=O)ON1.c1ccc2ccccc2c1. The zero-order chi connectivity index (χ0) is 16.8. The fourth-order valence-corrected chi connectivity index (χ4v) is 2.03. The highest BCUT2D eigenvalue weighted by Crippen LogP contribution is 2.11. The molecule has 1 unspecified atom stereocenters. The van der Waals surface area contributed by atoms with Gasteiger partial charge in [0.1, 0.15) is 5.84 Å². The Hall–Kier alpha value is -1.72. The van der Waals surface area contributed by atoms with Gasteiger partial charge in [-0.2, -0.15) is 4.28 Å². The lowest BCUT2D eigenvalue weighted by Crippen LogP contribution is -2.14. The van der Waals surface area contributed by atoms with E-state index in [1.807, 2.05) is 34.6 Å².